The molecule has 8 nitrogen and oxygen atoms in total. The van der Waals surface area contributed by atoms with E-state index in [4.69, 9.17) is 4.74 Å². The zero-order chi connectivity index (χ0) is 29.6. The number of hydrogen-bond acceptors (Lipinski definition) is 7. The van der Waals surface area contributed by atoms with Crippen LogP contribution in [-0.2, 0) is 9.59 Å². The largest absolute Gasteiger partial charge is 0.494 e. The normalized spacial score (nSPS) is 20.3. The molecule has 0 bridgehead atoms. The number of amides is 1. The Bertz CT molecular complexity index is 1450. The topological polar surface area (TPSA) is 76.6 Å². The van der Waals surface area contributed by atoms with Gasteiger partial charge in [-0.05, 0) is 68.8 Å². The standard InChI is InChI=1S/C33H38N4O4S/c1-4-19-34-22-28(16-14-26-13-12-24-21-27(41-6-3)15-17-29(24)36(26)5-2)42-33(34)31-32(40)37(25-10-8-7-9-11-25)23-35(31)20-18-30(38)39/h7-17,21H,4-6,18-20,22-23H2,1-3H3,(H,38,39)/b26-14+,28-16+,33-31-. The maximum absolute atomic E-state index is 13.9. The molecule has 5 rings (SSSR count). The number of carbonyl (C=O) groups excluding carboxylic acids is 1. The van der Waals surface area contributed by atoms with Crippen LogP contribution in [0.3, 0.4) is 0 Å². The molecule has 3 heterocycles. The fourth-order valence-electron chi connectivity index (χ4n) is 5.48. The summed E-state index contributed by atoms with van der Waals surface area (Å²) in [6.07, 6.45) is 9.46. The molecule has 2 aromatic carbocycles. The summed E-state index contributed by atoms with van der Waals surface area (Å²) >= 11 is 1.61. The molecular formula is C33H38N4O4S. The molecule has 0 atom stereocenters. The average Bonchev–Trinajstić information content (AvgIpc) is 3.54. The van der Waals surface area contributed by atoms with E-state index in [0.29, 0.717) is 25.5 Å². The monoisotopic (exact) mass is 586 g/mol. The van der Waals surface area contributed by atoms with Crippen LogP contribution < -0.4 is 14.5 Å². The number of benzene rings is 2. The van der Waals surface area contributed by atoms with Gasteiger partial charge in [0.2, 0.25) is 0 Å². The van der Waals surface area contributed by atoms with Gasteiger partial charge in [0, 0.05) is 53.7 Å². The van der Waals surface area contributed by atoms with Gasteiger partial charge in [0.25, 0.3) is 5.91 Å². The molecule has 3 aliphatic rings. The number of aliphatic carboxylic acids is 1. The Morgan fingerprint density at radius 3 is 2.55 bits per heavy atom. The van der Waals surface area contributed by atoms with E-state index in [1.807, 2.05) is 48.2 Å². The first-order valence-electron chi connectivity index (χ1n) is 14.6. The minimum Gasteiger partial charge on any atom is -0.494 e. The SMILES string of the molecule is CCCN1C/C(=C\C=C2/C=Cc3cc(OCC)ccc3N2CC)S/C1=C1/C(=O)N(c2ccccc2)CN1CCC(=O)O. The molecule has 3 aliphatic heterocycles. The van der Waals surface area contributed by atoms with Gasteiger partial charge in [-0.3, -0.25) is 14.5 Å². The predicted molar refractivity (Wildman–Crippen MR) is 170 cm³/mol. The first-order valence-corrected chi connectivity index (χ1v) is 15.4. The molecule has 2 fully saturated rings. The molecular weight excluding hydrogens is 548 g/mol. The third-order valence-corrected chi connectivity index (χ3v) is 8.57. The van der Waals surface area contributed by atoms with E-state index in [9.17, 15) is 14.7 Å². The lowest BCUT2D eigenvalue weighted by atomic mass is 10.0. The summed E-state index contributed by atoms with van der Waals surface area (Å²) in [5.74, 6) is -0.0984. The van der Waals surface area contributed by atoms with Crippen LogP contribution in [0.1, 0.15) is 39.2 Å². The van der Waals surface area contributed by atoms with Crippen molar-refractivity contribution in [1.82, 2.24) is 9.80 Å². The van der Waals surface area contributed by atoms with Gasteiger partial charge in [-0.15, -0.1) is 0 Å². The molecule has 2 saturated heterocycles. The fourth-order valence-corrected chi connectivity index (χ4v) is 6.68. The van der Waals surface area contributed by atoms with Crippen LogP contribution in [0.15, 0.2) is 88.1 Å². The summed E-state index contributed by atoms with van der Waals surface area (Å²) in [6, 6.07) is 15.8. The highest BCUT2D eigenvalue weighted by Gasteiger charge is 2.39. The molecule has 42 heavy (non-hydrogen) atoms. The fraction of sp³-hybridized carbons (Fsp3) is 0.333. The third-order valence-electron chi connectivity index (χ3n) is 7.40. The Morgan fingerprint density at radius 2 is 1.83 bits per heavy atom. The van der Waals surface area contributed by atoms with Crippen LogP contribution in [-0.4, -0.2) is 66.2 Å². The van der Waals surface area contributed by atoms with Gasteiger partial charge in [0.1, 0.15) is 16.5 Å². The number of nitrogens with zero attached hydrogens (tertiary/aromatic N) is 4. The van der Waals surface area contributed by atoms with Crippen molar-refractivity contribution in [1.29, 1.82) is 0 Å². The van der Waals surface area contributed by atoms with Crippen LogP contribution in [0.4, 0.5) is 11.4 Å². The summed E-state index contributed by atoms with van der Waals surface area (Å²) in [4.78, 5) is 34.7. The van der Waals surface area contributed by atoms with Gasteiger partial charge >= 0.3 is 5.97 Å². The summed E-state index contributed by atoms with van der Waals surface area (Å²) in [5.41, 5.74) is 4.77. The van der Waals surface area contributed by atoms with Crippen molar-refractivity contribution in [2.45, 2.75) is 33.6 Å². The quantitative estimate of drug-likeness (QED) is 0.334. The first kappa shape index (κ1) is 29.4. The minimum absolute atomic E-state index is 0.0351. The van der Waals surface area contributed by atoms with Crippen LogP contribution in [0.5, 0.6) is 5.75 Å². The van der Waals surface area contributed by atoms with Gasteiger partial charge in [-0.25, -0.2) is 0 Å². The number of carbonyl (C=O) groups is 2. The number of carboxylic acids is 1. The highest BCUT2D eigenvalue weighted by atomic mass is 32.2. The Kier molecular flexibility index (Phi) is 9.27. The summed E-state index contributed by atoms with van der Waals surface area (Å²) in [5, 5.41) is 10.3. The maximum atomic E-state index is 13.9. The van der Waals surface area contributed by atoms with Crippen molar-refractivity contribution in [3.63, 3.8) is 0 Å². The van der Waals surface area contributed by atoms with E-state index in [1.165, 1.54) is 0 Å². The second-order valence-corrected chi connectivity index (χ2v) is 11.4. The van der Waals surface area contributed by atoms with E-state index in [1.54, 1.807) is 16.7 Å². The number of likely N-dealkylation sites (N-methyl/N-ethyl adjacent to an activating group) is 1. The summed E-state index contributed by atoms with van der Waals surface area (Å²) in [6.45, 7) is 9.84. The van der Waals surface area contributed by atoms with Crippen LogP contribution in [0.2, 0.25) is 0 Å². The lowest BCUT2D eigenvalue weighted by molar-refractivity contribution is -0.137. The number of carboxylic acid groups (broad SMARTS) is 1. The van der Waals surface area contributed by atoms with Gasteiger partial charge in [0.05, 0.1) is 19.7 Å². The van der Waals surface area contributed by atoms with E-state index in [-0.39, 0.29) is 18.9 Å². The number of anilines is 2. The highest BCUT2D eigenvalue weighted by Crippen LogP contribution is 2.43. The Balaban J connectivity index is 1.45. The minimum atomic E-state index is -0.877. The Morgan fingerprint density at radius 1 is 1.02 bits per heavy atom. The molecule has 0 radical (unpaired) electrons. The van der Waals surface area contributed by atoms with Crippen molar-refractivity contribution in [3.05, 3.63) is 93.7 Å². The van der Waals surface area contributed by atoms with Gasteiger partial charge in [-0.1, -0.05) is 43.0 Å². The van der Waals surface area contributed by atoms with E-state index in [0.717, 1.165) is 57.8 Å². The molecule has 9 heteroatoms. The van der Waals surface area contributed by atoms with E-state index in [2.05, 4.69) is 60.1 Å². The lowest BCUT2D eigenvalue weighted by Gasteiger charge is -2.29. The molecule has 0 saturated carbocycles. The number of rotatable bonds is 10. The van der Waals surface area contributed by atoms with Crippen molar-refractivity contribution in [3.8, 4) is 5.75 Å². The molecule has 2 aromatic rings. The second kappa shape index (κ2) is 13.2. The predicted octanol–water partition coefficient (Wildman–Crippen LogP) is 6.12. The highest BCUT2D eigenvalue weighted by molar-refractivity contribution is 8.07. The summed E-state index contributed by atoms with van der Waals surface area (Å²) < 4.78 is 5.69. The molecule has 1 amide bonds. The number of thioether (sulfide) groups is 1. The first-order chi connectivity index (χ1) is 20.4. The van der Waals surface area contributed by atoms with Crippen LogP contribution in [0, 0.1) is 0 Å². The van der Waals surface area contributed by atoms with E-state index < -0.39 is 5.97 Å². The number of para-hydroxylation sites is 1. The third kappa shape index (κ3) is 6.21. The van der Waals surface area contributed by atoms with Crippen molar-refractivity contribution in [2.75, 3.05) is 49.3 Å². The lowest BCUT2D eigenvalue weighted by Crippen LogP contribution is -2.28. The Hall–Kier alpha value is -4.11. The van der Waals surface area contributed by atoms with Gasteiger partial charge in [0.15, 0.2) is 0 Å². The zero-order valence-corrected chi connectivity index (χ0v) is 25.3. The van der Waals surface area contributed by atoms with Crippen molar-refractivity contribution < 1.29 is 19.4 Å². The van der Waals surface area contributed by atoms with Crippen molar-refractivity contribution in [2.24, 2.45) is 0 Å². The second-order valence-electron chi connectivity index (χ2n) is 10.3. The summed E-state index contributed by atoms with van der Waals surface area (Å²) in [7, 11) is 0. The molecule has 0 unspecified atom stereocenters. The average molecular weight is 587 g/mol. The maximum Gasteiger partial charge on any atom is 0.305 e. The molecule has 220 valence electrons. The van der Waals surface area contributed by atoms with E-state index >= 15 is 0 Å². The smallest absolute Gasteiger partial charge is 0.305 e. The molecule has 0 aromatic heterocycles. The van der Waals surface area contributed by atoms with Crippen molar-refractivity contribution >= 4 is 41.1 Å². The number of hydrogen-bond donors (Lipinski definition) is 1. The number of allylic oxidation sites excluding steroid dienone is 3. The van der Waals surface area contributed by atoms with Gasteiger partial charge < -0.3 is 24.5 Å². The van der Waals surface area contributed by atoms with Crippen LogP contribution >= 0.6 is 11.8 Å². The molecule has 0 spiro atoms. The van der Waals surface area contributed by atoms with Crippen LogP contribution in [0.25, 0.3) is 6.08 Å². The zero-order valence-electron chi connectivity index (χ0n) is 24.5. The van der Waals surface area contributed by atoms with Gasteiger partial charge in [-0.2, -0.15) is 0 Å². The number of ether oxygens (including phenoxy) is 1. The molecule has 1 N–H and O–H groups in total. The Labute approximate surface area is 252 Å². The number of fused-ring (bicyclic) bond motifs is 1. The molecule has 0 aliphatic carbocycles.